The van der Waals surface area contributed by atoms with Gasteiger partial charge in [0.2, 0.25) is 0 Å². The average Bonchev–Trinajstić information content (AvgIpc) is 3.48. The summed E-state index contributed by atoms with van der Waals surface area (Å²) in [5, 5.41) is 9.52. The number of nitrogens with zero attached hydrogens (tertiary/aromatic N) is 3. The molecule has 1 N–H and O–H groups in total. The number of rotatable bonds is 5. The van der Waals surface area contributed by atoms with Crippen LogP contribution in [0.25, 0.3) is 0 Å². The van der Waals surface area contributed by atoms with Crippen molar-refractivity contribution in [3.05, 3.63) is 52.4 Å². The first-order valence-corrected chi connectivity index (χ1v) is 8.52. The van der Waals surface area contributed by atoms with E-state index < -0.39 is 5.97 Å². The smallest absolute Gasteiger partial charge is 0.356 e. The molecule has 4 rings (SSSR count). The van der Waals surface area contributed by atoms with E-state index in [-0.39, 0.29) is 22.7 Å². The lowest BCUT2D eigenvalue weighted by Gasteiger charge is -2.21. The molecule has 6 heteroatoms. The number of carbonyl (C=O) groups is 1. The first kappa shape index (κ1) is 15.4. The van der Waals surface area contributed by atoms with Crippen LogP contribution in [0.3, 0.4) is 0 Å². The van der Waals surface area contributed by atoms with Crippen molar-refractivity contribution in [1.29, 1.82) is 0 Å². The van der Waals surface area contributed by atoms with Gasteiger partial charge in [0, 0.05) is 24.9 Å². The van der Waals surface area contributed by atoms with E-state index >= 15 is 0 Å². The zero-order valence-corrected chi connectivity index (χ0v) is 14.1. The summed E-state index contributed by atoms with van der Waals surface area (Å²) in [5.41, 5.74) is 1.20. The van der Waals surface area contributed by atoms with Crippen molar-refractivity contribution in [2.75, 3.05) is 11.9 Å². The fourth-order valence-corrected chi connectivity index (χ4v) is 3.48. The fraction of sp³-hybridized carbons (Fsp3) is 0.389. The summed E-state index contributed by atoms with van der Waals surface area (Å²) in [7, 11) is 1.93. The van der Waals surface area contributed by atoms with Gasteiger partial charge >= 0.3 is 5.97 Å². The highest BCUT2D eigenvalue weighted by Crippen LogP contribution is 2.47. The van der Waals surface area contributed by atoms with Crippen molar-refractivity contribution in [1.82, 2.24) is 9.97 Å². The molecular weight excluding hydrogens is 326 g/mol. The molecule has 0 bridgehead atoms. The van der Waals surface area contributed by atoms with Crippen LogP contribution in [-0.2, 0) is 0 Å². The molecule has 0 spiro atoms. The van der Waals surface area contributed by atoms with Crippen LogP contribution in [0.15, 0.2) is 30.3 Å². The summed E-state index contributed by atoms with van der Waals surface area (Å²) in [4.78, 5) is 22.2. The Morgan fingerprint density at radius 1 is 1.25 bits per heavy atom. The average molecular weight is 344 g/mol. The van der Waals surface area contributed by atoms with Crippen molar-refractivity contribution in [3.63, 3.8) is 0 Å². The zero-order chi connectivity index (χ0) is 16.8. The Balaban J connectivity index is 1.65. The quantitative estimate of drug-likeness (QED) is 0.896. The van der Waals surface area contributed by atoms with Crippen LogP contribution in [0.2, 0.25) is 5.02 Å². The van der Waals surface area contributed by atoms with Gasteiger partial charge in [0.25, 0.3) is 0 Å². The van der Waals surface area contributed by atoms with Gasteiger partial charge in [-0.1, -0.05) is 41.9 Å². The van der Waals surface area contributed by atoms with Crippen LogP contribution in [0.4, 0.5) is 5.82 Å². The maximum Gasteiger partial charge on any atom is 0.356 e. The number of carboxylic acids is 1. The van der Waals surface area contributed by atoms with Crippen LogP contribution in [0.5, 0.6) is 0 Å². The van der Waals surface area contributed by atoms with Crippen molar-refractivity contribution < 1.29 is 9.90 Å². The third-order valence-electron chi connectivity index (χ3n) is 4.81. The second-order valence-corrected chi connectivity index (χ2v) is 6.96. The number of hydrogen-bond donors (Lipinski definition) is 1. The minimum absolute atomic E-state index is 0.0904. The lowest BCUT2D eigenvalue weighted by molar-refractivity contribution is 0.0690. The van der Waals surface area contributed by atoms with Gasteiger partial charge in [0.15, 0.2) is 11.5 Å². The molecule has 24 heavy (non-hydrogen) atoms. The summed E-state index contributed by atoms with van der Waals surface area (Å²) < 4.78 is 0. The number of aromatic nitrogens is 2. The van der Waals surface area contributed by atoms with E-state index in [9.17, 15) is 9.90 Å². The minimum Gasteiger partial charge on any atom is -0.476 e. The van der Waals surface area contributed by atoms with Gasteiger partial charge in [0.1, 0.15) is 10.8 Å². The lowest BCUT2D eigenvalue weighted by atomic mass is 10.1. The van der Waals surface area contributed by atoms with E-state index in [4.69, 9.17) is 11.6 Å². The molecule has 2 saturated carbocycles. The van der Waals surface area contributed by atoms with E-state index in [1.807, 2.05) is 30.1 Å². The molecule has 5 nitrogen and oxygen atoms in total. The van der Waals surface area contributed by atoms with E-state index in [1.54, 1.807) is 0 Å². The summed E-state index contributed by atoms with van der Waals surface area (Å²) >= 11 is 6.31. The molecule has 124 valence electrons. The van der Waals surface area contributed by atoms with E-state index in [0.717, 1.165) is 19.3 Å². The van der Waals surface area contributed by atoms with Gasteiger partial charge in [-0.2, -0.15) is 0 Å². The number of aromatic carboxylic acids is 1. The molecule has 2 aliphatic carbocycles. The largest absolute Gasteiger partial charge is 0.476 e. The Bertz CT molecular complexity index is 792. The number of hydrogen-bond acceptors (Lipinski definition) is 4. The van der Waals surface area contributed by atoms with E-state index in [2.05, 4.69) is 22.1 Å². The van der Waals surface area contributed by atoms with E-state index in [0.29, 0.717) is 17.6 Å². The highest BCUT2D eigenvalue weighted by Gasteiger charge is 2.43. The summed E-state index contributed by atoms with van der Waals surface area (Å²) in [6, 6.07) is 10.6. The molecule has 2 atom stereocenters. The zero-order valence-electron chi connectivity index (χ0n) is 13.3. The van der Waals surface area contributed by atoms with Crippen LogP contribution in [0, 0.1) is 0 Å². The molecule has 0 unspecified atom stereocenters. The van der Waals surface area contributed by atoms with Gasteiger partial charge in [0.05, 0.1) is 0 Å². The number of anilines is 1. The number of halogens is 1. The Morgan fingerprint density at radius 2 is 1.96 bits per heavy atom. The standard InChI is InChI=1S/C18H18ClN3O2/c1-22(13-9-12(13)10-5-3-2-4-6-10)17-14(19)15(18(23)24)20-16(21-17)11-7-8-11/h2-6,11-13H,7-9H2,1H3,(H,23,24)/t12-,13-/m1/s1. The highest BCUT2D eigenvalue weighted by atomic mass is 35.5. The van der Waals surface area contributed by atoms with Crippen LogP contribution in [-0.4, -0.2) is 34.1 Å². The van der Waals surface area contributed by atoms with Gasteiger partial charge in [-0.25, -0.2) is 14.8 Å². The second kappa shape index (κ2) is 5.74. The molecule has 0 aliphatic heterocycles. The van der Waals surface area contributed by atoms with Gasteiger partial charge in [-0.3, -0.25) is 0 Å². The minimum atomic E-state index is -1.10. The van der Waals surface area contributed by atoms with Crippen molar-refractivity contribution >= 4 is 23.4 Å². The van der Waals surface area contributed by atoms with E-state index in [1.165, 1.54) is 5.56 Å². The predicted octanol–water partition coefficient (Wildman–Crippen LogP) is 3.70. The molecule has 1 aromatic heterocycles. The predicted molar refractivity (Wildman–Crippen MR) is 92.0 cm³/mol. The maximum absolute atomic E-state index is 11.5. The molecular formula is C18H18ClN3O2. The third-order valence-corrected chi connectivity index (χ3v) is 5.16. The first-order valence-electron chi connectivity index (χ1n) is 8.14. The normalized spacial score (nSPS) is 22.2. The molecule has 1 aromatic carbocycles. The summed E-state index contributed by atoms with van der Waals surface area (Å²) in [6.07, 6.45) is 3.04. The summed E-state index contributed by atoms with van der Waals surface area (Å²) in [6.45, 7) is 0. The molecule has 1 heterocycles. The number of benzene rings is 1. The first-order chi connectivity index (χ1) is 11.6. The van der Waals surface area contributed by atoms with Crippen LogP contribution in [0.1, 0.15) is 53.0 Å². The third kappa shape index (κ3) is 2.73. The molecule has 0 amide bonds. The number of likely N-dealkylation sites (N-methyl/N-ethyl adjacent to an activating group) is 1. The van der Waals surface area contributed by atoms with Gasteiger partial charge < -0.3 is 10.0 Å². The SMILES string of the molecule is CN(c1nc(C2CC2)nc(C(=O)O)c1Cl)[C@@H]1C[C@@H]1c1ccccc1. The Kier molecular flexibility index (Phi) is 3.68. The molecule has 2 aliphatic rings. The Labute approximate surface area is 145 Å². The van der Waals surface area contributed by atoms with Crippen molar-refractivity contribution in [2.24, 2.45) is 0 Å². The van der Waals surface area contributed by atoms with Gasteiger partial charge in [-0.05, 0) is 24.8 Å². The highest BCUT2D eigenvalue weighted by molar-refractivity contribution is 6.35. The molecule has 2 fully saturated rings. The summed E-state index contributed by atoms with van der Waals surface area (Å²) in [5.74, 6) is 0.746. The van der Waals surface area contributed by atoms with Crippen molar-refractivity contribution in [3.8, 4) is 0 Å². The van der Waals surface area contributed by atoms with Crippen molar-refractivity contribution in [2.45, 2.75) is 37.1 Å². The topological polar surface area (TPSA) is 66.3 Å². The fourth-order valence-electron chi connectivity index (χ4n) is 3.18. The monoisotopic (exact) mass is 343 g/mol. The van der Waals surface area contributed by atoms with Crippen LogP contribution < -0.4 is 4.90 Å². The molecule has 0 saturated heterocycles. The maximum atomic E-state index is 11.5. The van der Waals surface area contributed by atoms with Gasteiger partial charge in [-0.15, -0.1) is 0 Å². The molecule has 2 aromatic rings. The Hall–Kier alpha value is -2.14. The Morgan fingerprint density at radius 3 is 2.58 bits per heavy atom. The second-order valence-electron chi connectivity index (χ2n) is 6.58. The lowest BCUT2D eigenvalue weighted by Crippen LogP contribution is -2.24. The number of carboxylic acid groups (broad SMARTS) is 1. The molecule has 0 radical (unpaired) electrons. The van der Waals surface area contributed by atoms with Crippen LogP contribution >= 0.6 is 11.6 Å².